The van der Waals surface area contributed by atoms with E-state index in [9.17, 15) is 0 Å². The minimum Gasteiger partial charge on any atom is -0.355 e. The molecule has 0 aromatic rings. The predicted octanol–water partition coefficient (Wildman–Crippen LogP) is 3.08. The Balaban J connectivity index is 0.00000400. The predicted molar refractivity (Wildman–Crippen MR) is 104 cm³/mol. The van der Waals surface area contributed by atoms with Gasteiger partial charge in [-0.15, -0.1) is 24.0 Å². The fourth-order valence-electron chi connectivity index (χ4n) is 2.76. The third-order valence-corrected chi connectivity index (χ3v) is 4.12. The number of rotatable bonds is 7. The van der Waals surface area contributed by atoms with Gasteiger partial charge in [-0.3, -0.25) is 9.89 Å². The van der Waals surface area contributed by atoms with Crippen LogP contribution >= 0.6 is 24.0 Å². The van der Waals surface area contributed by atoms with Gasteiger partial charge in [-0.1, -0.05) is 20.8 Å². The molecule has 1 rings (SSSR count). The van der Waals surface area contributed by atoms with Crippen molar-refractivity contribution < 1.29 is 0 Å². The van der Waals surface area contributed by atoms with Gasteiger partial charge >= 0.3 is 0 Å². The Labute approximate surface area is 148 Å². The Morgan fingerprint density at radius 1 is 1.19 bits per heavy atom. The van der Waals surface area contributed by atoms with Crippen molar-refractivity contribution >= 4 is 29.9 Å². The first-order chi connectivity index (χ1) is 9.56. The molecule has 21 heavy (non-hydrogen) atoms. The van der Waals surface area contributed by atoms with Crippen LogP contribution in [0.1, 0.15) is 53.4 Å². The van der Waals surface area contributed by atoms with Crippen molar-refractivity contribution in [3.63, 3.8) is 0 Å². The molecule has 0 spiro atoms. The number of halogens is 1. The van der Waals surface area contributed by atoms with E-state index >= 15 is 0 Å². The van der Waals surface area contributed by atoms with Gasteiger partial charge in [0.25, 0.3) is 0 Å². The summed E-state index contributed by atoms with van der Waals surface area (Å²) < 4.78 is 0. The first-order valence-corrected chi connectivity index (χ1v) is 8.28. The van der Waals surface area contributed by atoms with Crippen LogP contribution in [-0.2, 0) is 0 Å². The zero-order valence-corrected chi connectivity index (χ0v) is 16.8. The van der Waals surface area contributed by atoms with Gasteiger partial charge in [-0.05, 0) is 51.6 Å². The van der Waals surface area contributed by atoms with Crippen molar-refractivity contribution in [2.45, 2.75) is 65.5 Å². The molecule has 0 radical (unpaired) electrons. The number of guanidine groups is 1. The van der Waals surface area contributed by atoms with E-state index in [1.807, 2.05) is 7.05 Å². The van der Waals surface area contributed by atoms with Crippen molar-refractivity contribution in [2.75, 3.05) is 26.7 Å². The average molecular weight is 410 g/mol. The first kappa shape index (κ1) is 21.0. The van der Waals surface area contributed by atoms with Crippen LogP contribution in [0.5, 0.6) is 0 Å². The Morgan fingerprint density at radius 3 is 2.29 bits per heavy atom. The van der Waals surface area contributed by atoms with Crippen molar-refractivity contribution in [2.24, 2.45) is 10.9 Å². The maximum atomic E-state index is 4.33. The van der Waals surface area contributed by atoms with Crippen molar-refractivity contribution in [1.29, 1.82) is 0 Å². The molecule has 1 aliphatic rings. The average Bonchev–Trinajstić information content (AvgIpc) is 2.95. The lowest BCUT2D eigenvalue weighted by atomic mass is 10.0. The molecule has 0 aromatic heterocycles. The number of nitrogens with one attached hydrogen (secondary N) is 2. The molecule has 1 fully saturated rings. The summed E-state index contributed by atoms with van der Waals surface area (Å²) in [4.78, 5) is 6.97. The maximum absolute atomic E-state index is 4.33. The molecule has 4 nitrogen and oxygen atoms in total. The number of aliphatic imine (C=N–C) groups is 1. The lowest BCUT2D eigenvalue weighted by Crippen LogP contribution is -2.48. The monoisotopic (exact) mass is 410 g/mol. The molecule has 0 aliphatic carbocycles. The van der Waals surface area contributed by atoms with Crippen molar-refractivity contribution in [3.8, 4) is 0 Å². The summed E-state index contributed by atoms with van der Waals surface area (Å²) in [5, 5.41) is 6.95. The summed E-state index contributed by atoms with van der Waals surface area (Å²) in [6, 6.07) is 1.10. The Hall–Kier alpha value is -0.0400. The van der Waals surface area contributed by atoms with E-state index in [-0.39, 0.29) is 24.0 Å². The van der Waals surface area contributed by atoms with Gasteiger partial charge in [0.15, 0.2) is 5.96 Å². The molecule has 126 valence electrons. The van der Waals surface area contributed by atoms with Gasteiger partial charge in [0, 0.05) is 25.7 Å². The highest BCUT2D eigenvalue weighted by molar-refractivity contribution is 14.0. The van der Waals surface area contributed by atoms with E-state index in [2.05, 4.69) is 48.2 Å². The highest BCUT2D eigenvalue weighted by Crippen LogP contribution is 2.17. The van der Waals surface area contributed by atoms with E-state index in [0.717, 1.165) is 24.8 Å². The number of hydrogen-bond acceptors (Lipinski definition) is 2. The van der Waals surface area contributed by atoms with Crippen molar-refractivity contribution in [1.82, 2.24) is 15.5 Å². The minimum atomic E-state index is 0. The first-order valence-electron chi connectivity index (χ1n) is 8.28. The maximum Gasteiger partial charge on any atom is 0.191 e. The second-order valence-corrected chi connectivity index (χ2v) is 6.43. The second kappa shape index (κ2) is 11.5. The lowest BCUT2D eigenvalue weighted by molar-refractivity contribution is 0.212. The summed E-state index contributed by atoms with van der Waals surface area (Å²) in [7, 11) is 1.85. The van der Waals surface area contributed by atoms with Crippen LogP contribution in [0.2, 0.25) is 0 Å². The lowest BCUT2D eigenvalue weighted by Gasteiger charge is -2.30. The molecule has 2 unspecified atom stereocenters. The summed E-state index contributed by atoms with van der Waals surface area (Å²) in [5.41, 5.74) is 0. The minimum absolute atomic E-state index is 0. The second-order valence-electron chi connectivity index (χ2n) is 6.43. The van der Waals surface area contributed by atoms with Gasteiger partial charge < -0.3 is 10.6 Å². The smallest absolute Gasteiger partial charge is 0.191 e. The molecule has 2 N–H and O–H groups in total. The van der Waals surface area contributed by atoms with E-state index in [4.69, 9.17) is 0 Å². The Morgan fingerprint density at radius 2 is 1.81 bits per heavy atom. The quantitative estimate of drug-likeness (QED) is 0.385. The van der Waals surface area contributed by atoms with Gasteiger partial charge in [0.05, 0.1) is 0 Å². The molecule has 1 aliphatic heterocycles. The molecular weight excluding hydrogens is 375 g/mol. The topological polar surface area (TPSA) is 39.7 Å². The SMILES string of the molecule is CCC(C)NC(=NC)NCC(CC(C)C)N1CCCC1.I. The number of hydrogen-bond donors (Lipinski definition) is 2. The zero-order chi connectivity index (χ0) is 15.0. The third-order valence-electron chi connectivity index (χ3n) is 4.12. The van der Waals surface area contributed by atoms with Gasteiger partial charge in [0.2, 0.25) is 0 Å². The standard InChI is InChI=1S/C16H34N4.HI/c1-6-14(4)19-16(17-5)18-12-15(11-13(2)3)20-9-7-8-10-20;/h13-15H,6-12H2,1-5H3,(H2,17,18,19);1H. The van der Waals surface area contributed by atoms with E-state index in [1.165, 1.54) is 32.4 Å². The van der Waals surface area contributed by atoms with Crippen LogP contribution in [0, 0.1) is 5.92 Å². The molecule has 0 bridgehead atoms. The molecule has 2 atom stereocenters. The summed E-state index contributed by atoms with van der Waals surface area (Å²) in [6.45, 7) is 12.5. The molecule has 0 saturated carbocycles. The van der Waals surface area contributed by atoms with Crippen LogP contribution in [-0.4, -0.2) is 49.6 Å². The summed E-state index contributed by atoms with van der Waals surface area (Å²) >= 11 is 0. The van der Waals surface area contributed by atoms with Crippen LogP contribution in [0.3, 0.4) is 0 Å². The van der Waals surface area contributed by atoms with Crippen LogP contribution in [0.25, 0.3) is 0 Å². The van der Waals surface area contributed by atoms with E-state index in [0.29, 0.717) is 12.1 Å². The molecule has 0 amide bonds. The number of likely N-dealkylation sites (tertiary alicyclic amines) is 1. The fraction of sp³-hybridized carbons (Fsp3) is 0.938. The van der Waals surface area contributed by atoms with Gasteiger partial charge in [-0.2, -0.15) is 0 Å². The summed E-state index contributed by atoms with van der Waals surface area (Å²) in [5.74, 6) is 1.68. The van der Waals surface area contributed by atoms with E-state index < -0.39 is 0 Å². The molecule has 1 saturated heterocycles. The van der Waals surface area contributed by atoms with Crippen LogP contribution in [0.4, 0.5) is 0 Å². The fourth-order valence-corrected chi connectivity index (χ4v) is 2.76. The third kappa shape index (κ3) is 8.24. The van der Waals surface area contributed by atoms with Gasteiger partial charge in [-0.25, -0.2) is 0 Å². The van der Waals surface area contributed by atoms with Gasteiger partial charge in [0.1, 0.15) is 0 Å². The molecule has 5 heteroatoms. The highest BCUT2D eigenvalue weighted by atomic mass is 127. The van der Waals surface area contributed by atoms with Crippen molar-refractivity contribution in [3.05, 3.63) is 0 Å². The molecular formula is C16H35IN4. The normalized spacial score (nSPS) is 19.2. The summed E-state index contributed by atoms with van der Waals surface area (Å²) in [6.07, 6.45) is 5.08. The zero-order valence-electron chi connectivity index (χ0n) is 14.5. The number of nitrogens with zero attached hydrogens (tertiary/aromatic N) is 2. The van der Waals surface area contributed by atoms with Crippen LogP contribution in [0.15, 0.2) is 4.99 Å². The Bertz CT molecular complexity index is 288. The molecule has 1 heterocycles. The van der Waals surface area contributed by atoms with E-state index in [1.54, 1.807) is 0 Å². The highest BCUT2D eigenvalue weighted by Gasteiger charge is 2.22. The largest absolute Gasteiger partial charge is 0.355 e. The van der Waals surface area contributed by atoms with Crippen LogP contribution < -0.4 is 10.6 Å². The molecule has 0 aromatic carbocycles. The Kier molecular flexibility index (Phi) is 11.5.